The van der Waals surface area contributed by atoms with Crippen molar-refractivity contribution in [3.8, 4) is 45.1 Å². The minimum atomic E-state index is -5.17. The molecule has 5 aromatic rings. The monoisotopic (exact) mass is 658 g/mol. The van der Waals surface area contributed by atoms with Crippen molar-refractivity contribution in [3.63, 3.8) is 0 Å². The molecule has 1 aromatic heterocycles. The third-order valence-electron chi connectivity index (χ3n) is 7.19. The van der Waals surface area contributed by atoms with Crippen LogP contribution in [0.5, 0.6) is 11.5 Å². The molecule has 0 radical (unpaired) electrons. The van der Waals surface area contributed by atoms with Crippen molar-refractivity contribution in [2.24, 2.45) is 0 Å². The van der Waals surface area contributed by atoms with Crippen LogP contribution in [0.2, 0.25) is 0 Å². The molecule has 0 aliphatic rings. The van der Waals surface area contributed by atoms with E-state index in [2.05, 4.69) is 26.4 Å². The molecule has 4 aromatic carbocycles. The Bertz CT molecular complexity index is 1840. The predicted octanol–water partition coefficient (Wildman–Crippen LogP) is 10.7. The van der Waals surface area contributed by atoms with Crippen LogP contribution in [0.15, 0.2) is 91.3 Å². The molecule has 0 unspecified atom stereocenters. The van der Waals surface area contributed by atoms with E-state index in [4.69, 9.17) is 0 Å². The van der Waals surface area contributed by atoms with Crippen molar-refractivity contribution >= 4 is 0 Å². The van der Waals surface area contributed by atoms with Gasteiger partial charge in [-0.25, -0.2) is 23.1 Å². The number of hydrogen-bond donors (Lipinski definition) is 0. The van der Waals surface area contributed by atoms with Gasteiger partial charge in [-0.3, -0.25) is 0 Å². The first-order valence-corrected chi connectivity index (χ1v) is 14.5. The van der Waals surface area contributed by atoms with Gasteiger partial charge in [0.1, 0.15) is 17.4 Å². The van der Waals surface area contributed by atoms with E-state index in [-0.39, 0.29) is 22.3 Å². The van der Waals surface area contributed by atoms with Crippen molar-refractivity contribution < 1.29 is 44.6 Å². The van der Waals surface area contributed by atoms with E-state index in [1.807, 2.05) is 0 Å². The maximum atomic E-state index is 15.2. The fraction of sp³-hybridized carbons (Fsp3) is 0.200. The van der Waals surface area contributed by atoms with Gasteiger partial charge in [-0.2, -0.15) is 8.78 Å². The Kier molecular flexibility index (Phi) is 9.78. The van der Waals surface area contributed by atoms with E-state index in [1.165, 1.54) is 36.4 Å². The second kappa shape index (κ2) is 13.8. The summed E-state index contributed by atoms with van der Waals surface area (Å²) >= 11 is 0. The topological polar surface area (TPSA) is 44.2 Å². The minimum Gasteiger partial charge on any atom is -0.429 e. The first kappa shape index (κ1) is 33.4. The molecule has 0 fully saturated rings. The summed E-state index contributed by atoms with van der Waals surface area (Å²) in [7, 11) is 0. The lowest BCUT2D eigenvalue weighted by Crippen LogP contribution is -2.22. The van der Waals surface area contributed by atoms with Crippen LogP contribution in [0.3, 0.4) is 0 Å². The number of alkyl halides is 5. The average Bonchev–Trinajstić information content (AvgIpc) is 3.02. The van der Waals surface area contributed by atoms with Gasteiger partial charge in [-0.1, -0.05) is 56.2 Å². The zero-order chi connectivity index (χ0) is 33.8. The highest BCUT2D eigenvalue weighted by molar-refractivity contribution is 5.73. The highest BCUT2D eigenvalue weighted by Crippen LogP contribution is 2.36. The second-order valence-electron chi connectivity index (χ2n) is 10.6. The number of halogens is 8. The van der Waals surface area contributed by atoms with E-state index >= 15 is 8.78 Å². The van der Waals surface area contributed by atoms with Gasteiger partial charge in [-0.15, -0.1) is 13.2 Å². The Hall–Kier alpha value is -5.00. The maximum Gasteiger partial charge on any atom is 0.573 e. The van der Waals surface area contributed by atoms with Gasteiger partial charge in [0.15, 0.2) is 17.4 Å². The van der Waals surface area contributed by atoms with E-state index in [0.29, 0.717) is 29.6 Å². The molecule has 4 nitrogen and oxygen atoms in total. The summed E-state index contributed by atoms with van der Waals surface area (Å²) in [6, 6.07) is 14.3. The molecule has 0 amide bonds. The Morgan fingerprint density at radius 1 is 0.617 bits per heavy atom. The molecular weight excluding hydrogens is 632 g/mol. The lowest BCUT2D eigenvalue weighted by molar-refractivity contribution is -0.275. The van der Waals surface area contributed by atoms with Crippen LogP contribution < -0.4 is 9.47 Å². The molecule has 0 atom stereocenters. The van der Waals surface area contributed by atoms with Gasteiger partial charge < -0.3 is 9.47 Å². The fourth-order valence-corrected chi connectivity index (χ4v) is 4.82. The number of benzene rings is 4. The molecule has 244 valence electrons. The van der Waals surface area contributed by atoms with Gasteiger partial charge in [0.2, 0.25) is 0 Å². The van der Waals surface area contributed by atoms with E-state index < -0.39 is 47.0 Å². The van der Waals surface area contributed by atoms with Gasteiger partial charge in [0, 0.05) is 35.2 Å². The standard InChI is InChI=1S/C35H26F8N2O2/c1-2-3-4-5-21-19-44-33(45-20-21)24-9-14-28(30(37)17-24)23-8-13-27(29(36)16-23)22-6-10-25(11-7-22)34(39,40)46-26-12-15-32(31(38)18-26)47-35(41,42)43/h6-20H,2-5H2,1H3. The quantitative estimate of drug-likeness (QED) is 0.105. The van der Waals surface area contributed by atoms with Gasteiger partial charge in [-0.05, 0) is 65.9 Å². The van der Waals surface area contributed by atoms with Gasteiger partial charge in [0.05, 0.1) is 5.56 Å². The molecule has 1 heterocycles. The summed E-state index contributed by atoms with van der Waals surface area (Å²) in [5.74, 6) is -4.51. The smallest absolute Gasteiger partial charge is 0.429 e. The average molecular weight is 659 g/mol. The number of unbranched alkanes of at least 4 members (excludes halogenated alkanes) is 2. The Labute approximate surface area is 264 Å². The Balaban J connectivity index is 1.28. The third kappa shape index (κ3) is 8.24. The molecule has 0 spiro atoms. The summed E-state index contributed by atoms with van der Waals surface area (Å²) in [5, 5.41) is 0. The molecule has 0 saturated carbocycles. The molecule has 5 rings (SSSR count). The van der Waals surface area contributed by atoms with Crippen molar-refractivity contribution in [2.75, 3.05) is 0 Å². The fourth-order valence-electron chi connectivity index (χ4n) is 4.82. The number of ether oxygens (including phenoxy) is 2. The van der Waals surface area contributed by atoms with Crippen LogP contribution in [0.1, 0.15) is 37.3 Å². The lowest BCUT2D eigenvalue weighted by Gasteiger charge is -2.19. The highest BCUT2D eigenvalue weighted by atomic mass is 19.4. The summed E-state index contributed by atoms with van der Waals surface area (Å²) in [5.41, 5.74) is 1.43. The zero-order valence-electron chi connectivity index (χ0n) is 24.7. The first-order chi connectivity index (χ1) is 22.3. The van der Waals surface area contributed by atoms with Crippen LogP contribution in [0.4, 0.5) is 35.1 Å². The number of hydrogen-bond acceptors (Lipinski definition) is 4. The highest BCUT2D eigenvalue weighted by Gasteiger charge is 2.36. The van der Waals surface area contributed by atoms with Crippen LogP contribution in [-0.2, 0) is 12.5 Å². The molecular formula is C35H26F8N2O2. The van der Waals surface area contributed by atoms with Crippen molar-refractivity contribution in [1.29, 1.82) is 0 Å². The molecule has 0 aliphatic heterocycles. The van der Waals surface area contributed by atoms with Gasteiger partial charge >= 0.3 is 12.5 Å². The van der Waals surface area contributed by atoms with Crippen LogP contribution >= 0.6 is 0 Å². The molecule has 47 heavy (non-hydrogen) atoms. The summed E-state index contributed by atoms with van der Waals surface area (Å²) < 4.78 is 119. The molecule has 0 N–H and O–H groups in total. The second-order valence-corrected chi connectivity index (χ2v) is 10.6. The number of aromatic nitrogens is 2. The first-order valence-electron chi connectivity index (χ1n) is 14.5. The number of aryl methyl sites for hydroxylation is 1. The summed E-state index contributed by atoms with van der Waals surface area (Å²) in [4.78, 5) is 8.69. The Morgan fingerprint density at radius 2 is 1.21 bits per heavy atom. The van der Waals surface area contributed by atoms with E-state index in [1.54, 1.807) is 18.5 Å². The van der Waals surface area contributed by atoms with Crippen molar-refractivity contribution in [1.82, 2.24) is 9.97 Å². The maximum absolute atomic E-state index is 15.2. The summed E-state index contributed by atoms with van der Waals surface area (Å²) in [6.07, 6.45) is -1.65. The van der Waals surface area contributed by atoms with E-state index in [9.17, 15) is 26.3 Å². The number of nitrogens with zero attached hydrogens (tertiary/aromatic N) is 2. The third-order valence-corrected chi connectivity index (χ3v) is 7.19. The minimum absolute atomic E-state index is 0.0521. The van der Waals surface area contributed by atoms with Gasteiger partial charge in [0.25, 0.3) is 0 Å². The molecule has 0 aliphatic carbocycles. The van der Waals surface area contributed by atoms with Crippen molar-refractivity contribution in [2.45, 2.75) is 45.1 Å². The molecule has 12 heteroatoms. The Morgan fingerprint density at radius 3 is 1.81 bits per heavy atom. The van der Waals surface area contributed by atoms with Crippen molar-refractivity contribution in [3.05, 3.63) is 120 Å². The predicted molar refractivity (Wildman–Crippen MR) is 159 cm³/mol. The largest absolute Gasteiger partial charge is 0.573 e. The van der Waals surface area contributed by atoms with Crippen LogP contribution in [0, 0.1) is 17.5 Å². The summed E-state index contributed by atoms with van der Waals surface area (Å²) in [6.45, 7) is 2.12. The van der Waals surface area contributed by atoms with Crippen LogP contribution in [0.25, 0.3) is 33.6 Å². The van der Waals surface area contributed by atoms with Crippen LogP contribution in [-0.4, -0.2) is 16.3 Å². The lowest BCUT2D eigenvalue weighted by atomic mass is 9.97. The molecule has 0 saturated heterocycles. The van der Waals surface area contributed by atoms with E-state index in [0.717, 1.165) is 49.4 Å². The SMILES string of the molecule is CCCCCc1cnc(-c2ccc(-c3ccc(-c4ccc(C(F)(F)Oc5ccc(OC(F)(F)F)c(F)c5)cc4)c(F)c3)c(F)c2)nc1. The normalized spacial score (nSPS) is 11.9. The number of rotatable bonds is 11. The molecule has 0 bridgehead atoms. The zero-order valence-corrected chi connectivity index (χ0v) is 24.7.